The highest BCUT2D eigenvalue weighted by molar-refractivity contribution is 4.97. The summed E-state index contributed by atoms with van der Waals surface area (Å²) in [6.07, 6.45) is 5.02. The Morgan fingerprint density at radius 1 is 1.53 bits per heavy atom. The van der Waals surface area contributed by atoms with Crippen molar-refractivity contribution in [3.8, 4) is 0 Å². The van der Waals surface area contributed by atoms with Gasteiger partial charge in [-0.15, -0.1) is 0 Å². The van der Waals surface area contributed by atoms with Crippen LogP contribution in [0.2, 0.25) is 0 Å². The summed E-state index contributed by atoms with van der Waals surface area (Å²) in [5.74, 6) is 1.63. The van der Waals surface area contributed by atoms with Crippen molar-refractivity contribution in [2.75, 3.05) is 0 Å². The van der Waals surface area contributed by atoms with Gasteiger partial charge in [-0.05, 0) is 6.92 Å². The molecular formula is C9H13N5O. The molecule has 15 heavy (non-hydrogen) atoms. The summed E-state index contributed by atoms with van der Waals surface area (Å²) >= 11 is 0. The highest BCUT2D eigenvalue weighted by Gasteiger charge is 2.10. The van der Waals surface area contributed by atoms with Crippen molar-refractivity contribution in [3.63, 3.8) is 0 Å². The first-order valence-corrected chi connectivity index (χ1v) is 4.73. The summed E-state index contributed by atoms with van der Waals surface area (Å²) in [6.45, 7) is 2.62. The maximum absolute atomic E-state index is 4.64. The van der Waals surface area contributed by atoms with Gasteiger partial charge in [-0.3, -0.25) is 0 Å². The summed E-state index contributed by atoms with van der Waals surface area (Å²) in [5, 5.41) is 6.98. The van der Waals surface area contributed by atoms with Crippen LogP contribution in [0.4, 0.5) is 0 Å². The molecule has 2 aromatic heterocycles. The molecule has 0 saturated heterocycles. The summed E-state index contributed by atoms with van der Waals surface area (Å²) in [4.78, 5) is 8.18. The minimum absolute atomic E-state index is 0.156. The van der Waals surface area contributed by atoms with E-state index in [2.05, 4.69) is 25.0 Å². The number of nitrogens with one attached hydrogen (secondary N) is 1. The molecule has 0 amide bonds. The topological polar surface area (TPSA) is 68.8 Å². The molecule has 0 bridgehead atoms. The molecule has 0 fully saturated rings. The SMILES string of the molecule is CC(NCc1ncon1)c1nccn1C. The molecule has 1 unspecified atom stereocenters. The van der Waals surface area contributed by atoms with E-state index >= 15 is 0 Å². The molecule has 80 valence electrons. The summed E-state index contributed by atoms with van der Waals surface area (Å²) in [6, 6.07) is 0.156. The molecule has 2 rings (SSSR count). The molecule has 6 nitrogen and oxygen atoms in total. The number of imidazole rings is 1. The maximum atomic E-state index is 4.64. The molecule has 0 radical (unpaired) electrons. The third kappa shape index (κ3) is 2.21. The van der Waals surface area contributed by atoms with Crippen LogP contribution in [0, 0.1) is 0 Å². The van der Waals surface area contributed by atoms with Crippen molar-refractivity contribution in [2.45, 2.75) is 19.5 Å². The van der Waals surface area contributed by atoms with E-state index in [4.69, 9.17) is 0 Å². The van der Waals surface area contributed by atoms with E-state index in [0.29, 0.717) is 12.4 Å². The van der Waals surface area contributed by atoms with Crippen LogP contribution in [0.3, 0.4) is 0 Å². The minimum Gasteiger partial charge on any atom is -0.343 e. The lowest BCUT2D eigenvalue weighted by Crippen LogP contribution is -2.21. The average molecular weight is 207 g/mol. The largest absolute Gasteiger partial charge is 0.343 e. The Kier molecular flexibility index (Phi) is 2.77. The number of rotatable bonds is 4. The third-order valence-corrected chi connectivity index (χ3v) is 2.22. The molecular weight excluding hydrogens is 194 g/mol. The monoisotopic (exact) mass is 207 g/mol. The highest BCUT2D eigenvalue weighted by Crippen LogP contribution is 2.08. The predicted octanol–water partition coefficient (Wildman–Crippen LogP) is 0.654. The molecule has 6 heteroatoms. The van der Waals surface area contributed by atoms with Gasteiger partial charge in [-0.1, -0.05) is 5.16 Å². The van der Waals surface area contributed by atoms with Gasteiger partial charge in [-0.25, -0.2) is 4.98 Å². The Bertz CT molecular complexity index is 408. The summed E-state index contributed by atoms with van der Waals surface area (Å²) in [7, 11) is 1.97. The average Bonchev–Trinajstić information content (AvgIpc) is 2.84. The van der Waals surface area contributed by atoms with Crippen molar-refractivity contribution in [1.82, 2.24) is 25.0 Å². The summed E-state index contributed by atoms with van der Waals surface area (Å²) < 4.78 is 6.62. The van der Waals surface area contributed by atoms with Crippen LogP contribution in [-0.4, -0.2) is 19.7 Å². The first-order chi connectivity index (χ1) is 7.27. The van der Waals surface area contributed by atoms with Crippen LogP contribution in [0.1, 0.15) is 24.6 Å². The second kappa shape index (κ2) is 4.22. The molecule has 0 aromatic carbocycles. The molecule has 1 N–H and O–H groups in total. The normalized spacial score (nSPS) is 12.9. The van der Waals surface area contributed by atoms with E-state index in [1.54, 1.807) is 6.20 Å². The van der Waals surface area contributed by atoms with Gasteiger partial charge in [0.2, 0.25) is 6.39 Å². The van der Waals surface area contributed by atoms with Crippen LogP contribution < -0.4 is 5.32 Å². The van der Waals surface area contributed by atoms with Crippen molar-refractivity contribution in [1.29, 1.82) is 0 Å². The predicted molar refractivity (Wildman–Crippen MR) is 52.8 cm³/mol. The van der Waals surface area contributed by atoms with Crippen molar-refractivity contribution >= 4 is 0 Å². The Labute approximate surface area is 87.3 Å². The quantitative estimate of drug-likeness (QED) is 0.797. The van der Waals surface area contributed by atoms with E-state index < -0.39 is 0 Å². The number of hydrogen-bond acceptors (Lipinski definition) is 5. The van der Waals surface area contributed by atoms with E-state index in [1.165, 1.54) is 6.39 Å². The maximum Gasteiger partial charge on any atom is 0.213 e. The van der Waals surface area contributed by atoms with Crippen LogP contribution in [0.15, 0.2) is 23.3 Å². The van der Waals surface area contributed by atoms with Crippen LogP contribution in [-0.2, 0) is 13.6 Å². The zero-order valence-corrected chi connectivity index (χ0v) is 8.71. The van der Waals surface area contributed by atoms with Gasteiger partial charge >= 0.3 is 0 Å². The van der Waals surface area contributed by atoms with E-state index in [0.717, 1.165) is 5.82 Å². The smallest absolute Gasteiger partial charge is 0.213 e. The summed E-state index contributed by atoms with van der Waals surface area (Å²) in [5.41, 5.74) is 0. The number of aryl methyl sites for hydroxylation is 1. The van der Waals surface area contributed by atoms with Gasteiger partial charge in [0.05, 0.1) is 12.6 Å². The van der Waals surface area contributed by atoms with Crippen LogP contribution in [0.25, 0.3) is 0 Å². The van der Waals surface area contributed by atoms with Crippen molar-refractivity contribution < 1.29 is 4.52 Å². The molecule has 2 aromatic rings. The fraction of sp³-hybridized carbons (Fsp3) is 0.444. The van der Waals surface area contributed by atoms with Gasteiger partial charge in [0.15, 0.2) is 5.82 Å². The second-order valence-corrected chi connectivity index (χ2v) is 3.35. The number of aromatic nitrogens is 4. The molecule has 0 aliphatic rings. The Morgan fingerprint density at radius 3 is 3.00 bits per heavy atom. The zero-order valence-electron chi connectivity index (χ0n) is 8.71. The first-order valence-electron chi connectivity index (χ1n) is 4.73. The molecule has 0 aliphatic carbocycles. The Morgan fingerprint density at radius 2 is 2.40 bits per heavy atom. The Balaban J connectivity index is 1.93. The third-order valence-electron chi connectivity index (χ3n) is 2.22. The van der Waals surface area contributed by atoms with Gasteiger partial charge in [0.25, 0.3) is 0 Å². The van der Waals surface area contributed by atoms with E-state index in [-0.39, 0.29) is 6.04 Å². The fourth-order valence-electron chi connectivity index (χ4n) is 1.40. The van der Waals surface area contributed by atoms with Crippen molar-refractivity contribution in [3.05, 3.63) is 30.4 Å². The lowest BCUT2D eigenvalue weighted by atomic mass is 10.3. The zero-order chi connectivity index (χ0) is 10.7. The highest BCUT2D eigenvalue weighted by atomic mass is 16.5. The lowest BCUT2D eigenvalue weighted by Gasteiger charge is -2.11. The minimum atomic E-state index is 0.156. The first kappa shape index (κ1) is 9.85. The van der Waals surface area contributed by atoms with Crippen molar-refractivity contribution in [2.24, 2.45) is 7.05 Å². The van der Waals surface area contributed by atoms with Gasteiger partial charge in [-0.2, -0.15) is 4.98 Å². The fourth-order valence-corrected chi connectivity index (χ4v) is 1.40. The standard InChI is InChI=1S/C9H13N5O/c1-7(9-10-3-4-14(9)2)11-5-8-12-6-15-13-8/h3-4,6-7,11H,5H2,1-2H3. The van der Waals surface area contributed by atoms with E-state index in [9.17, 15) is 0 Å². The van der Waals surface area contributed by atoms with Crippen LogP contribution in [0.5, 0.6) is 0 Å². The van der Waals surface area contributed by atoms with Gasteiger partial charge < -0.3 is 14.4 Å². The number of hydrogen-bond donors (Lipinski definition) is 1. The van der Waals surface area contributed by atoms with E-state index in [1.807, 2.05) is 24.7 Å². The van der Waals surface area contributed by atoms with Crippen LogP contribution >= 0.6 is 0 Å². The molecule has 0 spiro atoms. The molecule has 0 saturated carbocycles. The second-order valence-electron chi connectivity index (χ2n) is 3.35. The van der Waals surface area contributed by atoms with Gasteiger partial charge in [0.1, 0.15) is 5.82 Å². The van der Waals surface area contributed by atoms with Gasteiger partial charge in [0, 0.05) is 19.4 Å². The lowest BCUT2D eigenvalue weighted by molar-refractivity contribution is 0.404. The number of nitrogens with zero attached hydrogens (tertiary/aromatic N) is 4. The molecule has 2 heterocycles. The molecule has 1 atom stereocenters. The molecule has 0 aliphatic heterocycles. The Hall–Kier alpha value is -1.69.